The third kappa shape index (κ3) is 1.81. The summed E-state index contributed by atoms with van der Waals surface area (Å²) in [5.74, 6) is -0.936. The Morgan fingerprint density at radius 1 is 1.33 bits per heavy atom. The van der Waals surface area contributed by atoms with E-state index >= 15 is 0 Å². The van der Waals surface area contributed by atoms with E-state index in [1.165, 1.54) is 14.2 Å². The van der Waals surface area contributed by atoms with Crippen molar-refractivity contribution in [3.8, 4) is 11.5 Å². The first kappa shape index (κ1) is 12.4. The van der Waals surface area contributed by atoms with Crippen LogP contribution in [0.15, 0.2) is 12.1 Å². The number of benzene rings is 1. The van der Waals surface area contributed by atoms with Crippen LogP contribution in [0.3, 0.4) is 0 Å². The fraction of sp³-hybridized carbons (Fsp3) is 0.385. The predicted molar refractivity (Wildman–Crippen MR) is 63.5 cm³/mol. The van der Waals surface area contributed by atoms with E-state index in [1.54, 1.807) is 12.1 Å². The molecule has 1 aromatic rings. The van der Waals surface area contributed by atoms with Gasteiger partial charge < -0.3 is 14.6 Å². The lowest BCUT2D eigenvalue weighted by Crippen LogP contribution is -2.22. The lowest BCUT2D eigenvalue weighted by Gasteiger charge is -2.24. The van der Waals surface area contributed by atoms with Crippen LogP contribution < -0.4 is 9.47 Å². The molecule has 0 radical (unpaired) electrons. The zero-order valence-electron chi connectivity index (χ0n) is 10.2. The van der Waals surface area contributed by atoms with Crippen molar-refractivity contribution in [3.63, 3.8) is 0 Å². The SMILES string of the molecule is COc1ccc2c(c1OC)C(C(=O)O)CCC2=O. The number of ketones is 1. The number of carbonyl (C=O) groups is 2. The molecule has 0 spiro atoms. The number of rotatable bonds is 3. The van der Waals surface area contributed by atoms with Crippen molar-refractivity contribution in [2.75, 3.05) is 14.2 Å². The molecule has 1 unspecified atom stereocenters. The molecule has 18 heavy (non-hydrogen) atoms. The molecule has 5 heteroatoms. The molecule has 1 aliphatic carbocycles. The van der Waals surface area contributed by atoms with Gasteiger partial charge in [0.05, 0.1) is 20.1 Å². The average Bonchev–Trinajstić information content (AvgIpc) is 2.37. The number of ether oxygens (including phenoxy) is 2. The van der Waals surface area contributed by atoms with Gasteiger partial charge in [0.15, 0.2) is 17.3 Å². The molecular formula is C13H14O5. The van der Waals surface area contributed by atoms with Crippen molar-refractivity contribution in [1.29, 1.82) is 0 Å². The van der Waals surface area contributed by atoms with E-state index in [0.717, 1.165) is 0 Å². The number of hydrogen-bond donors (Lipinski definition) is 1. The highest BCUT2D eigenvalue weighted by Gasteiger charge is 2.34. The third-order valence-electron chi connectivity index (χ3n) is 3.19. The molecule has 0 heterocycles. The van der Waals surface area contributed by atoms with Crippen molar-refractivity contribution in [2.24, 2.45) is 0 Å². The maximum Gasteiger partial charge on any atom is 0.311 e. The van der Waals surface area contributed by atoms with E-state index in [2.05, 4.69) is 0 Å². The Labute approximate surface area is 104 Å². The van der Waals surface area contributed by atoms with Gasteiger partial charge in [0.25, 0.3) is 0 Å². The molecule has 1 atom stereocenters. The van der Waals surface area contributed by atoms with Crippen molar-refractivity contribution < 1.29 is 24.2 Å². The highest BCUT2D eigenvalue weighted by molar-refractivity contribution is 6.02. The normalized spacial score (nSPS) is 18.1. The highest BCUT2D eigenvalue weighted by atomic mass is 16.5. The zero-order valence-corrected chi connectivity index (χ0v) is 10.2. The van der Waals surface area contributed by atoms with Gasteiger partial charge in [-0.15, -0.1) is 0 Å². The Kier molecular flexibility index (Phi) is 3.23. The Morgan fingerprint density at radius 2 is 2.06 bits per heavy atom. The summed E-state index contributed by atoms with van der Waals surface area (Å²) in [7, 11) is 2.92. The van der Waals surface area contributed by atoms with Gasteiger partial charge in [0.1, 0.15) is 0 Å². The molecule has 0 saturated carbocycles. The van der Waals surface area contributed by atoms with E-state index in [0.29, 0.717) is 29.0 Å². The largest absolute Gasteiger partial charge is 0.493 e. The maximum absolute atomic E-state index is 11.8. The van der Waals surface area contributed by atoms with Crippen molar-refractivity contribution in [3.05, 3.63) is 23.3 Å². The predicted octanol–water partition coefficient (Wildman–Crippen LogP) is 1.85. The summed E-state index contributed by atoms with van der Waals surface area (Å²) in [6, 6.07) is 3.23. The number of methoxy groups -OCH3 is 2. The molecule has 2 rings (SSSR count). The van der Waals surface area contributed by atoms with Crippen LogP contribution in [-0.2, 0) is 4.79 Å². The van der Waals surface area contributed by atoms with Crippen LogP contribution in [0.1, 0.15) is 34.7 Å². The minimum atomic E-state index is -0.949. The first-order valence-corrected chi connectivity index (χ1v) is 5.61. The summed E-state index contributed by atoms with van der Waals surface area (Å²) in [6.45, 7) is 0. The Morgan fingerprint density at radius 3 is 2.61 bits per heavy atom. The highest BCUT2D eigenvalue weighted by Crippen LogP contribution is 2.43. The molecule has 96 valence electrons. The average molecular weight is 250 g/mol. The van der Waals surface area contributed by atoms with Crippen LogP contribution in [0.5, 0.6) is 11.5 Å². The number of fused-ring (bicyclic) bond motifs is 1. The second-order valence-corrected chi connectivity index (χ2v) is 4.11. The van der Waals surface area contributed by atoms with Gasteiger partial charge in [-0.25, -0.2) is 0 Å². The summed E-state index contributed by atoms with van der Waals surface area (Å²) in [6.07, 6.45) is 0.546. The number of carbonyl (C=O) groups excluding carboxylic acids is 1. The van der Waals surface area contributed by atoms with Crippen molar-refractivity contribution in [1.82, 2.24) is 0 Å². The summed E-state index contributed by atoms with van der Waals surface area (Å²) >= 11 is 0. The van der Waals surface area contributed by atoms with Gasteiger partial charge in [-0.2, -0.15) is 0 Å². The first-order chi connectivity index (χ1) is 8.60. The number of Topliss-reactive ketones (excluding diaryl/α,β-unsaturated/α-hetero) is 1. The van der Waals surface area contributed by atoms with Crippen molar-refractivity contribution in [2.45, 2.75) is 18.8 Å². The topological polar surface area (TPSA) is 72.8 Å². The van der Waals surface area contributed by atoms with Crippen LogP contribution in [0, 0.1) is 0 Å². The zero-order chi connectivity index (χ0) is 13.3. The second-order valence-electron chi connectivity index (χ2n) is 4.11. The number of carboxylic acid groups (broad SMARTS) is 1. The molecule has 1 aromatic carbocycles. The van der Waals surface area contributed by atoms with Gasteiger partial charge >= 0.3 is 5.97 Å². The van der Waals surface area contributed by atoms with Crippen LogP contribution in [0.4, 0.5) is 0 Å². The summed E-state index contributed by atoms with van der Waals surface area (Å²) in [5.41, 5.74) is 0.854. The molecule has 1 aliphatic rings. The number of hydrogen-bond acceptors (Lipinski definition) is 4. The molecule has 0 amide bonds. The van der Waals surface area contributed by atoms with Crippen LogP contribution in [-0.4, -0.2) is 31.1 Å². The lowest BCUT2D eigenvalue weighted by atomic mass is 9.81. The monoisotopic (exact) mass is 250 g/mol. The first-order valence-electron chi connectivity index (χ1n) is 5.61. The van der Waals surface area contributed by atoms with E-state index in [9.17, 15) is 14.7 Å². The smallest absolute Gasteiger partial charge is 0.311 e. The summed E-state index contributed by atoms with van der Waals surface area (Å²) in [4.78, 5) is 23.1. The number of carboxylic acids is 1. The summed E-state index contributed by atoms with van der Waals surface area (Å²) < 4.78 is 10.4. The van der Waals surface area contributed by atoms with Crippen LogP contribution >= 0.6 is 0 Å². The Hall–Kier alpha value is -2.04. The molecule has 0 bridgehead atoms. The molecule has 5 nitrogen and oxygen atoms in total. The summed E-state index contributed by atoms with van der Waals surface area (Å²) in [5, 5.41) is 9.25. The molecule has 1 N–H and O–H groups in total. The standard InChI is InChI=1S/C13H14O5/c1-17-10-6-4-7-9(14)5-3-8(13(15)16)11(7)12(10)18-2/h4,6,8H,3,5H2,1-2H3,(H,15,16). The Balaban J connectivity index is 2.68. The van der Waals surface area contributed by atoms with Gasteiger partial charge in [-0.05, 0) is 18.6 Å². The van der Waals surface area contributed by atoms with Gasteiger partial charge in [-0.3, -0.25) is 9.59 Å². The fourth-order valence-electron chi connectivity index (χ4n) is 2.34. The minimum absolute atomic E-state index is 0.0524. The maximum atomic E-state index is 11.8. The van der Waals surface area contributed by atoms with Gasteiger partial charge in [0, 0.05) is 17.5 Å². The van der Waals surface area contributed by atoms with E-state index in [4.69, 9.17) is 9.47 Å². The van der Waals surface area contributed by atoms with Gasteiger partial charge in [0.2, 0.25) is 0 Å². The van der Waals surface area contributed by atoms with E-state index < -0.39 is 11.9 Å². The third-order valence-corrected chi connectivity index (χ3v) is 3.19. The minimum Gasteiger partial charge on any atom is -0.493 e. The van der Waals surface area contributed by atoms with Crippen LogP contribution in [0.25, 0.3) is 0 Å². The molecule has 0 aliphatic heterocycles. The molecule has 0 aromatic heterocycles. The molecule has 0 fully saturated rings. The van der Waals surface area contributed by atoms with Crippen molar-refractivity contribution >= 4 is 11.8 Å². The molecular weight excluding hydrogens is 236 g/mol. The quantitative estimate of drug-likeness (QED) is 0.886. The fourth-order valence-corrected chi connectivity index (χ4v) is 2.34. The second kappa shape index (κ2) is 4.68. The van der Waals surface area contributed by atoms with Crippen LogP contribution in [0.2, 0.25) is 0 Å². The Bertz CT molecular complexity index is 506. The van der Waals surface area contributed by atoms with E-state index in [-0.39, 0.29) is 12.2 Å². The number of aliphatic carboxylic acids is 1. The lowest BCUT2D eigenvalue weighted by molar-refractivity contribution is -0.139. The van der Waals surface area contributed by atoms with E-state index in [1.807, 2.05) is 0 Å². The van der Waals surface area contributed by atoms with Gasteiger partial charge in [-0.1, -0.05) is 0 Å². The molecule has 0 saturated heterocycles.